The molecule has 3 N–H and O–H groups in total. The van der Waals surface area contributed by atoms with Gasteiger partial charge >= 0.3 is 0 Å². The van der Waals surface area contributed by atoms with E-state index in [9.17, 15) is 4.79 Å². The molecule has 11 heteroatoms. The molecule has 0 aliphatic rings. The number of hydrogen-bond donors (Lipinski definition) is 2. The van der Waals surface area contributed by atoms with Crippen LogP contribution in [-0.4, -0.2) is 45.4 Å². The molecule has 0 saturated heterocycles. The van der Waals surface area contributed by atoms with Crippen molar-refractivity contribution in [2.45, 2.75) is 30.7 Å². The maximum absolute atomic E-state index is 12.6. The second kappa shape index (κ2) is 8.86. The smallest absolute Gasteiger partial charge is 0.239 e. The van der Waals surface area contributed by atoms with Crippen LogP contribution in [0.4, 0.5) is 5.82 Å². The highest BCUT2D eigenvalue weighted by Crippen LogP contribution is 2.33. The standard InChI is InChI=1S/C18H22N6O4S/c1-5-14(17(25)20-15-8-10(2)28-23-15)29-18-22-21-16(24(18)19)11-6-7-12(26-3)13(9-11)27-4/h6-9,14H,5,19H2,1-4H3,(H,20,23,25). The van der Waals surface area contributed by atoms with Gasteiger partial charge in [-0.3, -0.25) is 4.79 Å². The highest BCUT2D eigenvalue weighted by Gasteiger charge is 2.23. The Morgan fingerprint density at radius 2 is 2.03 bits per heavy atom. The Morgan fingerprint density at radius 3 is 2.66 bits per heavy atom. The van der Waals surface area contributed by atoms with E-state index in [4.69, 9.17) is 19.8 Å². The minimum absolute atomic E-state index is 0.221. The van der Waals surface area contributed by atoms with Gasteiger partial charge < -0.3 is 25.2 Å². The zero-order valence-corrected chi connectivity index (χ0v) is 17.3. The summed E-state index contributed by atoms with van der Waals surface area (Å²) in [6.07, 6.45) is 0.561. The number of aryl methyl sites for hydroxylation is 1. The minimum Gasteiger partial charge on any atom is -0.493 e. The number of methoxy groups -OCH3 is 2. The van der Waals surface area contributed by atoms with E-state index < -0.39 is 5.25 Å². The molecule has 1 amide bonds. The van der Waals surface area contributed by atoms with E-state index in [0.717, 1.165) is 0 Å². The number of thioether (sulfide) groups is 1. The molecular weight excluding hydrogens is 396 g/mol. The number of aromatic nitrogens is 4. The van der Waals surface area contributed by atoms with Crippen LogP contribution in [0.25, 0.3) is 11.4 Å². The molecule has 0 bridgehead atoms. The van der Waals surface area contributed by atoms with Crippen LogP contribution < -0.4 is 20.6 Å². The number of rotatable bonds is 8. The first-order valence-electron chi connectivity index (χ1n) is 8.80. The van der Waals surface area contributed by atoms with E-state index in [1.807, 2.05) is 6.92 Å². The Kier molecular flexibility index (Phi) is 6.27. The summed E-state index contributed by atoms with van der Waals surface area (Å²) in [6, 6.07) is 6.98. The number of nitrogen functional groups attached to an aromatic ring is 1. The molecule has 3 rings (SSSR count). The van der Waals surface area contributed by atoms with Gasteiger partial charge in [-0.25, -0.2) is 4.68 Å². The molecule has 0 saturated carbocycles. The van der Waals surface area contributed by atoms with Crippen molar-refractivity contribution in [2.75, 3.05) is 25.4 Å². The molecule has 29 heavy (non-hydrogen) atoms. The summed E-state index contributed by atoms with van der Waals surface area (Å²) in [5.74, 6) is 8.55. The van der Waals surface area contributed by atoms with Gasteiger partial charge in [0.2, 0.25) is 11.1 Å². The summed E-state index contributed by atoms with van der Waals surface area (Å²) in [6.45, 7) is 3.65. The first kappa shape index (κ1) is 20.5. The van der Waals surface area contributed by atoms with Crippen LogP contribution in [0.5, 0.6) is 11.5 Å². The minimum atomic E-state index is -0.434. The van der Waals surface area contributed by atoms with Crippen LogP contribution in [-0.2, 0) is 4.79 Å². The molecule has 10 nitrogen and oxygen atoms in total. The monoisotopic (exact) mass is 418 g/mol. The Balaban J connectivity index is 1.78. The van der Waals surface area contributed by atoms with E-state index in [-0.39, 0.29) is 5.91 Å². The number of nitrogens with two attached hydrogens (primary N) is 1. The normalized spacial score (nSPS) is 11.9. The largest absolute Gasteiger partial charge is 0.493 e. The molecule has 0 radical (unpaired) electrons. The third-order valence-electron chi connectivity index (χ3n) is 4.10. The summed E-state index contributed by atoms with van der Waals surface area (Å²) in [5.41, 5.74) is 0.708. The fourth-order valence-corrected chi connectivity index (χ4v) is 3.49. The lowest BCUT2D eigenvalue weighted by Gasteiger charge is -2.13. The predicted molar refractivity (Wildman–Crippen MR) is 109 cm³/mol. The SMILES string of the molecule is CCC(Sc1nnc(-c2ccc(OC)c(OC)c2)n1N)C(=O)Nc1cc(C)on1. The number of hydrogen-bond acceptors (Lipinski definition) is 9. The Hall–Kier alpha value is -3.21. The molecular formula is C18H22N6O4S. The first-order chi connectivity index (χ1) is 14.0. The number of anilines is 1. The number of carbonyl (C=O) groups excluding carboxylic acids is 1. The number of amides is 1. The summed E-state index contributed by atoms with van der Waals surface area (Å²) >= 11 is 1.22. The summed E-state index contributed by atoms with van der Waals surface area (Å²) in [5, 5.41) is 14.8. The quantitative estimate of drug-likeness (QED) is 0.418. The van der Waals surface area contributed by atoms with Crippen molar-refractivity contribution >= 4 is 23.5 Å². The van der Waals surface area contributed by atoms with Gasteiger partial charge in [0.15, 0.2) is 23.1 Å². The highest BCUT2D eigenvalue weighted by atomic mass is 32.2. The van der Waals surface area contributed by atoms with E-state index in [1.165, 1.54) is 16.4 Å². The summed E-state index contributed by atoms with van der Waals surface area (Å²) in [7, 11) is 3.12. The maximum Gasteiger partial charge on any atom is 0.239 e. The number of nitrogens with one attached hydrogen (secondary N) is 1. The van der Waals surface area contributed by atoms with Gasteiger partial charge in [-0.2, -0.15) is 0 Å². The fourth-order valence-electron chi connectivity index (χ4n) is 2.61. The molecule has 1 unspecified atom stereocenters. The van der Waals surface area contributed by atoms with Crippen molar-refractivity contribution in [3.63, 3.8) is 0 Å². The number of nitrogens with zero attached hydrogens (tertiary/aromatic N) is 4. The number of ether oxygens (including phenoxy) is 2. The van der Waals surface area contributed by atoms with Crippen molar-refractivity contribution < 1.29 is 18.8 Å². The van der Waals surface area contributed by atoms with Crippen LogP contribution in [0, 0.1) is 6.92 Å². The van der Waals surface area contributed by atoms with Gasteiger partial charge in [0.1, 0.15) is 5.76 Å². The third kappa shape index (κ3) is 4.45. The predicted octanol–water partition coefficient (Wildman–Crippen LogP) is 2.48. The Bertz CT molecular complexity index is 1000. The van der Waals surface area contributed by atoms with Gasteiger partial charge in [-0.1, -0.05) is 23.8 Å². The summed E-state index contributed by atoms with van der Waals surface area (Å²) in [4.78, 5) is 12.6. The lowest BCUT2D eigenvalue weighted by atomic mass is 10.2. The van der Waals surface area contributed by atoms with Crippen molar-refractivity contribution in [3.8, 4) is 22.9 Å². The molecule has 1 atom stereocenters. The zero-order chi connectivity index (χ0) is 21.0. The van der Waals surface area contributed by atoms with Crippen LogP contribution in [0.15, 0.2) is 33.9 Å². The van der Waals surface area contributed by atoms with Crippen molar-refractivity contribution in [3.05, 3.63) is 30.0 Å². The van der Waals surface area contributed by atoms with Gasteiger partial charge in [0.25, 0.3) is 0 Å². The molecule has 154 valence electrons. The van der Waals surface area contributed by atoms with Crippen LogP contribution in [0.3, 0.4) is 0 Å². The lowest BCUT2D eigenvalue weighted by Crippen LogP contribution is -2.25. The van der Waals surface area contributed by atoms with Gasteiger partial charge in [-0.05, 0) is 31.5 Å². The molecule has 0 aliphatic heterocycles. The fraction of sp³-hybridized carbons (Fsp3) is 0.333. The average molecular weight is 418 g/mol. The van der Waals surface area contributed by atoms with E-state index >= 15 is 0 Å². The molecule has 2 heterocycles. The average Bonchev–Trinajstić information content (AvgIpc) is 3.30. The second-order valence-electron chi connectivity index (χ2n) is 6.07. The Labute approximate surface area is 171 Å². The van der Waals surface area contributed by atoms with E-state index in [1.54, 1.807) is 45.4 Å². The van der Waals surface area contributed by atoms with Gasteiger partial charge in [0, 0.05) is 11.6 Å². The summed E-state index contributed by atoms with van der Waals surface area (Å²) < 4.78 is 16.9. The molecule has 2 aromatic heterocycles. The van der Waals surface area contributed by atoms with E-state index in [0.29, 0.717) is 46.0 Å². The molecule has 1 aromatic carbocycles. The van der Waals surface area contributed by atoms with Crippen LogP contribution in [0.2, 0.25) is 0 Å². The third-order valence-corrected chi connectivity index (χ3v) is 5.42. The maximum atomic E-state index is 12.6. The lowest BCUT2D eigenvalue weighted by molar-refractivity contribution is -0.115. The number of benzene rings is 1. The van der Waals surface area contributed by atoms with Crippen LogP contribution in [0.1, 0.15) is 19.1 Å². The topological polar surface area (TPSA) is 130 Å². The van der Waals surface area contributed by atoms with Crippen molar-refractivity contribution in [2.24, 2.45) is 0 Å². The second-order valence-corrected chi connectivity index (χ2v) is 7.24. The highest BCUT2D eigenvalue weighted by molar-refractivity contribution is 8.00. The number of carbonyl (C=O) groups is 1. The molecule has 0 spiro atoms. The van der Waals surface area contributed by atoms with Gasteiger partial charge in [-0.15, -0.1) is 10.2 Å². The Morgan fingerprint density at radius 1 is 1.28 bits per heavy atom. The molecule has 3 aromatic rings. The molecule has 0 fully saturated rings. The van der Waals surface area contributed by atoms with Gasteiger partial charge in [0.05, 0.1) is 19.5 Å². The van der Waals surface area contributed by atoms with E-state index in [2.05, 4.69) is 20.7 Å². The van der Waals surface area contributed by atoms with Crippen molar-refractivity contribution in [1.82, 2.24) is 20.0 Å². The van der Waals surface area contributed by atoms with Crippen molar-refractivity contribution in [1.29, 1.82) is 0 Å². The first-order valence-corrected chi connectivity index (χ1v) is 9.68. The molecule has 0 aliphatic carbocycles. The van der Waals surface area contributed by atoms with Crippen LogP contribution >= 0.6 is 11.8 Å². The zero-order valence-electron chi connectivity index (χ0n) is 16.5.